The van der Waals surface area contributed by atoms with Gasteiger partial charge in [-0.1, -0.05) is 5.16 Å². The van der Waals surface area contributed by atoms with Gasteiger partial charge in [-0.3, -0.25) is 4.68 Å². The van der Waals surface area contributed by atoms with Crippen molar-refractivity contribution in [3.63, 3.8) is 0 Å². The highest BCUT2D eigenvalue weighted by molar-refractivity contribution is 6.02. The Morgan fingerprint density at radius 1 is 1.55 bits per heavy atom. The van der Waals surface area contributed by atoms with E-state index in [1.807, 2.05) is 0 Å². The fourth-order valence-corrected chi connectivity index (χ4v) is 2.28. The lowest BCUT2D eigenvalue weighted by atomic mass is 10.2. The van der Waals surface area contributed by atoms with Crippen LogP contribution in [0, 0.1) is 6.92 Å². The average molecular weight is 291 g/mol. The molecule has 0 amide bonds. The minimum atomic E-state index is -4.33. The number of rotatable bonds is 4. The van der Waals surface area contributed by atoms with Crippen molar-refractivity contribution in [2.45, 2.75) is 32.0 Å². The third-order valence-electron chi connectivity index (χ3n) is 3.17. The summed E-state index contributed by atoms with van der Waals surface area (Å²) in [7, 11) is 1.54. The van der Waals surface area contributed by atoms with Crippen molar-refractivity contribution >= 4 is 11.7 Å². The molecule has 1 aromatic rings. The van der Waals surface area contributed by atoms with E-state index in [0.717, 1.165) is 0 Å². The van der Waals surface area contributed by atoms with Crippen LogP contribution in [0.15, 0.2) is 5.16 Å². The number of nitrogens with zero attached hydrogens (tertiary/aromatic N) is 4. The topological polar surface area (TPSA) is 79.7 Å². The Hall–Kier alpha value is -1.93. The van der Waals surface area contributed by atoms with E-state index in [1.54, 1.807) is 14.0 Å². The van der Waals surface area contributed by atoms with Crippen molar-refractivity contribution in [2.24, 2.45) is 17.9 Å². The summed E-state index contributed by atoms with van der Waals surface area (Å²) in [4.78, 5) is 1.23. The second kappa shape index (κ2) is 4.88. The Kier molecular flexibility index (Phi) is 3.53. The Morgan fingerprint density at radius 3 is 2.60 bits per heavy atom. The molecule has 9 heteroatoms. The summed E-state index contributed by atoms with van der Waals surface area (Å²) in [6, 6.07) is -0.184. The Labute approximate surface area is 113 Å². The van der Waals surface area contributed by atoms with Gasteiger partial charge in [0.1, 0.15) is 12.4 Å². The molecule has 112 valence electrons. The summed E-state index contributed by atoms with van der Waals surface area (Å²) in [6.45, 7) is 0.526. The highest BCUT2D eigenvalue weighted by Crippen LogP contribution is 2.36. The first-order valence-corrected chi connectivity index (χ1v) is 6.09. The summed E-state index contributed by atoms with van der Waals surface area (Å²) in [5, 5.41) is 15.8. The zero-order chi connectivity index (χ0) is 15.1. The Bertz CT molecular complexity index is 533. The molecule has 0 bridgehead atoms. The Balaban J connectivity index is 2.48. The molecule has 1 aliphatic rings. The van der Waals surface area contributed by atoms with Crippen LogP contribution in [0.2, 0.25) is 0 Å². The molecule has 0 aromatic carbocycles. The molecule has 1 heterocycles. The van der Waals surface area contributed by atoms with Crippen LogP contribution < -0.4 is 10.6 Å². The zero-order valence-corrected chi connectivity index (χ0v) is 11.1. The van der Waals surface area contributed by atoms with Crippen LogP contribution in [0.3, 0.4) is 0 Å². The van der Waals surface area contributed by atoms with E-state index >= 15 is 0 Å². The second-order valence-electron chi connectivity index (χ2n) is 4.87. The Morgan fingerprint density at radius 2 is 2.15 bits per heavy atom. The molecule has 1 fully saturated rings. The minimum Gasteiger partial charge on any atom is -0.409 e. The fourth-order valence-electron chi connectivity index (χ4n) is 2.28. The van der Waals surface area contributed by atoms with E-state index in [0.29, 0.717) is 18.5 Å². The first kappa shape index (κ1) is 14.5. The molecule has 0 saturated heterocycles. The normalized spacial score (nSPS) is 16.6. The van der Waals surface area contributed by atoms with Gasteiger partial charge in [-0.2, -0.15) is 18.3 Å². The molecule has 1 aromatic heterocycles. The lowest BCUT2D eigenvalue weighted by molar-refractivity contribution is -0.120. The van der Waals surface area contributed by atoms with E-state index in [1.165, 1.54) is 9.58 Å². The molecule has 0 atom stereocenters. The van der Waals surface area contributed by atoms with Crippen LogP contribution >= 0.6 is 0 Å². The first-order valence-electron chi connectivity index (χ1n) is 6.09. The van der Waals surface area contributed by atoms with Gasteiger partial charge in [0.15, 0.2) is 5.84 Å². The summed E-state index contributed by atoms with van der Waals surface area (Å²) >= 11 is 0. The maximum absolute atomic E-state index is 12.8. The van der Waals surface area contributed by atoms with Crippen LogP contribution in [0.25, 0.3) is 0 Å². The third kappa shape index (κ3) is 2.81. The maximum atomic E-state index is 12.8. The van der Waals surface area contributed by atoms with E-state index < -0.39 is 12.7 Å². The van der Waals surface area contributed by atoms with Crippen molar-refractivity contribution in [3.8, 4) is 0 Å². The number of hydrogen-bond acceptors (Lipinski definition) is 4. The molecule has 1 aliphatic carbocycles. The van der Waals surface area contributed by atoms with Gasteiger partial charge in [-0.05, 0) is 19.8 Å². The largest absolute Gasteiger partial charge is 0.409 e. The number of anilines is 1. The number of aryl methyl sites for hydroxylation is 2. The van der Waals surface area contributed by atoms with Gasteiger partial charge in [-0.25, -0.2) is 0 Å². The van der Waals surface area contributed by atoms with E-state index in [9.17, 15) is 13.2 Å². The second-order valence-corrected chi connectivity index (χ2v) is 4.87. The number of nitrogens with two attached hydrogens (primary N) is 1. The smallest absolute Gasteiger partial charge is 0.405 e. The molecule has 6 nitrogen and oxygen atoms in total. The van der Waals surface area contributed by atoms with Crippen LogP contribution in [-0.2, 0) is 7.05 Å². The van der Waals surface area contributed by atoms with E-state index in [4.69, 9.17) is 10.9 Å². The van der Waals surface area contributed by atoms with Gasteiger partial charge < -0.3 is 15.8 Å². The van der Waals surface area contributed by atoms with Crippen LogP contribution in [0.5, 0.6) is 0 Å². The van der Waals surface area contributed by atoms with Crippen molar-refractivity contribution in [3.05, 3.63) is 11.3 Å². The van der Waals surface area contributed by atoms with Crippen molar-refractivity contribution in [1.29, 1.82) is 0 Å². The predicted octanol–water partition coefficient (Wildman–Crippen LogP) is 1.35. The van der Waals surface area contributed by atoms with Gasteiger partial charge in [-0.15, -0.1) is 0 Å². The lowest BCUT2D eigenvalue weighted by Crippen LogP contribution is -2.38. The molecule has 0 unspecified atom stereocenters. The van der Waals surface area contributed by atoms with E-state index in [2.05, 4.69) is 10.3 Å². The van der Waals surface area contributed by atoms with Gasteiger partial charge in [0.25, 0.3) is 0 Å². The molecule has 3 N–H and O–H groups in total. The summed E-state index contributed by atoms with van der Waals surface area (Å²) < 4.78 is 39.6. The fraction of sp³-hybridized carbons (Fsp3) is 0.636. The summed E-state index contributed by atoms with van der Waals surface area (Å²) in [5.41, 5.74) is 6.23. The van der Waals surface area contributed by atoms with Crippen molar-refractivity contribution in [2.75, 3.05) is 11.4 Å². The minimum absolute atomic E-state index is 0.184. The summed E-state index contributed by atoms with van der Waals surface area (Å²) in [6.07, 6.45) is -2.95. The van der Waals surface area contributed by atoms with E-state index in [-0.39, 0.29) is 23.3 Å². The molecule has 20 heavy (non-hydrogen) atoms. The SMILES string of the molecule is Cc1nn(C)c(N(CC(F)(F)F)C2CC2)c1C(N)=NO. The molecule has 2 rings (SSSR count). The maximum Gasteiger partial charge on any atom is 0.405 e. The molecule has 0 spiro atoms. The molecule has 0 aliphatic heterocycles. The number of amidine groups is 1. The standard InChI is InChI=1S/C11H16F3N5O/c1-6-8(9(15)17-20)10(18(2)16-6)19(7-3-4-7)5-11(12,13)14/h7,20H,3-5H2,1-2H3,(H2,15,17). The number of aromatic nitrogens is 2. The van der Waals surface area contributed by atoms with Crippen LogP contribution in [0.4, 0.5) is 19.0 Å². The van der Waals surface area contributed by atoms with Crippen molar-refractivity contribution in [1.82, 2.24) is 9.78 Å². The molecule has 0 radical (unpaired) electrons. The highest BCUT2D eigenvalue weighted by Gasteiger charge is 2.41. The lowest BCUT2D eigenvalue weighted by Gasteiger charge is -2.26. The highest BCUT2D eigenvalue weighted by atomic mass is 19.4. The monoisotopic (exact) mass is 291 g/mol. The first-order chi connectivity index (χ1) is 9.24. The van der Waals surface area contributed by atoms with Gasteiger partial charge in [0.05, 0.1) is 11.3 Å². The van der Waals surface area contributed by atoms with Gasteiger partial charge >= 0.3 is 6.18 Å². The van der Waals surface area contributed by atoms with Crippen molar-refractivity contribution < 1.29 is 18.4 Å². The molecule has 1 saturated carbocycles. The zero-order valence-electron chi connectivity index (χ0n) is 11.1. The predicted molar refractivity (Wildman–Crippen MR) is 66.9 cm³/mol. The number of oxime groups is 1. The summed E-state index contributed by atoms with van der Waals surface area (Å²) in [5.74, 6) is -0.00366. The molecular formula is C11H16F3N5O. The van der Waals surface area contributed by atoms with Crippen LogP contribution in [-0.4, -0.2) is 39.6 Å². The van der Waals surface area contributed by atoms with Gasteiger partial charge in [0, 0.05) is 13.1 Å². The number of halogens is 3. The quantitative estimate of drug-likeness (QED) is 0.380. The molecular weight excluding hydrogens is 275 g/mol. The number of alkyl halides is 3. The van der Waals surface area contributed by atoms with Gasteiger partial charge in [0.2, 0.25) is 0 Å². The number of hydrogen-bond donors (Lipinski definition) is 2. The third-order valence-corrected chi connectivity index (χ3v) is 3.17. The van der Waals surface area contributed by atoms with Crippen LogP contribution in [0.1, 0.15) is 24.1 Å². The average Bonchev–Trinajstić information content (AvgIpc) is 3.10.